The van der Waals surface area contributed by atoms with Gasteiger partial charge in [-0.15, -0.1) is 0 Å². The summed E-state index contributed by atoms with van der Waals surface area (Å²) in [6.07, 6.45) is 5.68. The number of rotatable bonds is 4. The monoisotopic (exact) mass is 420 g/mol. The predicted molar refractivity (Wildman–Crippen MR) is 114 cm³/mol. The van der Waals surface area contributed by atoms with E-state index in [2.05, 4.69) is 20.0 Å². The van der Waals surface area contributed by atoms with Crippen molar-refractivity contribution in [2.45, 2.75) is 25.0 Å². The third-order valence-electron chi connectivity index (χ3n) is 5.76. The minimum Gasteiger partial charge on any atom is -0.388 e. The Labute approximate surface area is 177 Å². The molecule has 0 amide bonds. The van der Waals surface area contributed by atoms with Gasteiger partial charge in [0.2, 0.25) is 0 Å². The zero-order valence-electron chi connectivity index (χ0n) is 16.7. The third-order valence-corrected chi connectivity index (χ3v) is 5.76. The lowest BCUT2D eigenvalue weighted by Gasteiger charge is -2.38. The lowest BCUT2D eigenvalue weighted by atomic mass is 9.91. The lowest BCUT2D eigenvalue weighted by Crippen LogP contribution is -2.48. The lowest BCUT2D eigenvalue weighted by molar-refractivity contribution is -0.00111. The maximum Gasteiger partial charge on any atom is 0.264 e. The predicted octanol–water partition coefficient (Wildman–Crippen LogP) is 2.15. The highest BCUT2D eigenvalue weighted by molar-refractivity contribution is 5.74. The van der Waals surface area contributed by atoms with E-state index in [1.54, 1.807) is 18.3 Å². The summed E-state index contributed by atoms with van der Waals surface area (Å²) in [4.78, 5) is 23.9. The Bertz CT molecular complexity index is 1260. The van der Waals surface area contributed by atoms with Gasteiger partial charge in [-0.25, -0.2) is 19.0 Å². The third kappa shape index (κ3) is 3.68. The van der Waals surface area contributed by atoms with Crippen LogP contribution in [0.2, 0.25) is 0 Å². The molecule has 9 heteroatoms. The minimum atomic E-state index is -1.00. The second-order valence-electron chi connectivity index (χ2n) is 7.85. The first-order valence-corrected chi connectivity index (χ1v) is 10.1. The first-order chi connectivity index (χ1) is 15.0. The molecule has 0 radical (unpaired) electrons. The molecule has 3 aromatic heterocycles. The smallest absolute Gasteiger partial charge is 0.264 e. The fourth-order valence-electron chi connectivity index (χ4n) is 4.00. The van der Waals surface area contributed by atoms with Crippen LogP contribution in [-0.4, -0.2) is 48.1 Å². The Morgan fingerprint density at radius 3 is 2.55 bits per heavy atom. The van der Waals surface area contributed by atoms with Crippen molar-refractivity contribution in [3.8, 4) is 5.69 Å². The molecule has 158 valence electrons. The molecule has 0 aliphatic carbocycles. The van der Waals surface area contributed by atoms with Gasteiger partial charge in [-0.2, -0.15) is 5.10 Å². The van der Waals surface area contributed by atoms with Gasteiger partial charge in [-0.3, -0.25) is 9.36 Å². The first-order valence-electron chi connectivity index (χ1n) is 10.1. The average Bonchev–Trinajstić information content (AvgIpc) is 3.22. The van der Waals surface area contributed by atoms with E-state index in [4.69, 9.17) is 0 Å². The number of hydrogen-bond donors (Lipinski definition) is 1. The molecule has 5 rings (SSSR count). The van der Waals surface area contributed by atoms with E-state index in [0.717, 1.165) is 5.82 Å². The molecule has 31 heavy (non-hydrogen) atoms. The molecule has 0 unspecified atom stereocenters. The van der Waals surface area contributed by atoms with Crippen molar-refractivity contribution >= 4 is 16.9 Å². The van der Waals surface area contributed by atoms with Crippen LogP contribution in [0.1, 0.15) is 12.8 Å². The van der Waals surface area contributed by atoms with Gasteiger partial charge in [0.25, 0.3) is 5.56 Å². The number of aromatic nitrogens is 5. The molecule has 0 spiro atoms. The minimum absolute atomic E-state index is 0.159. The summed E-state index contributed by atoms with van der Waals surface area (Å²) in [5.74, 6) is 0.538. The normalized spacial score (nSPS) is 16.0. The van der Waals surface area contributed by atoms with E-state index >= 15 is 0 Å². The van der Waals surface area contributed by atoms with Crippen molar-refractivity contribution < 1.29 is 9.50 Å². The molecule has 0 saturated carbocycles. The van der Waals surface area contributed by atoms with E-state index in [9.17, 15) is 14.3 Å². The summed E-state index contributed by atoms with van der Waals surface area (Å²) in [6.45, 7) is 1.47. The Morgan fingerprint density at radius 1 is 1.06 bits per heavy atom. The van der Waals surface area contributed by atoms with E-state index in [-0.39, 0.29) is 17.9 Å². The van der Waals surface area contributed by atoms with Crippen LogP contribution in [0.25, 0.3) is 16.7 Å². The molecule has 1 aliphatic heterocycles. The fourth-order valence-corrected chi connectivity index (χ4v) is 4.00. The molecule has 8 nitrogen and oxygen atoms in total. The van der Waals surface area contributed by atoms with Gasteiger partial charge in [0.15, 0.2) is 5.65 Å². The molecule has 0 bridgehead atoms. The molecular formula is C22H21FN6O2. The molecule has 1 N–H and O–H groups in total. The van der Waals surface area contributed by atoms with Gasteiger partial charge in [0.05, 0.1) is 24.0 Å². The van der Waals surface area contributed by atoms with Crippen LogP contribution in [-0.2, 0) is 6.54 Å². The van der Waals surface area contributed by atoms with Gasteiger partial charge < -0.3 is 10.0 Å². The molecular weight excluding hydrogens is 399 g/mol. The van der Waals surface area contributed by atoms with Crippen LogP contribution in [0.3, 0.4) is 0 Å². The summed E-state index contributed by atoms with van der Waals surface area (Å²) in [6, 6.07) is 11.6. The number of piperidine rings is 1. The highest BCUT2D eigenvalue weighted by Gasteiger charge is 2.33. The summed E-state index contributed by atoms with van der Waals surface area (Å²) < 4.78 is 16.2. The van der Waals surface area contributed by atoms with Crippen LogP contribution >= 0.6 is 0 Å². The molecule has 1 aliphatic rings. The molecule has 1 saturated heterocycles. The zero-order valence-corrected chi connectivity index (χ0v) is 16.7. The summed E-state index contributed by atoms with van der Waals surface area (Å²) >= 11 is 0. The van der Waals surface area contributed by atoms with E-state index in [1.807, 2.05) is 18.2 Å². The van der Waals surface area contributed by atoms with Crippen LogP contribution in [0.4, 0.5) is 10.2 Å². The highest BCUT2D eigenvalue weighted by Crippen LogP contribution is 2.26. The van der Waals surface area contributed by atoms with Crippen LogP contribution in [0.5, 0.6) is 0 Å². The maximum absolute atomic E-state index is 13.2. The van der Waals surface area contributed by atoms with Crippen molar-refractivity contribution in [1.29, 1.82) is 0 Å². The number of aliphatic hydroxyl groups is 1. The number of anilines is 1. The van der Waals surface area contributed by atoms with Gasteiger partial charge in [0, 0.05) is 19.3 Å². The second kappa shape index (κ2) is 7.59. The molecule has 0 atom stereocenters. The largest absolute Gasteiger partial charge is 0.388 e. The number of fused-ring (bicyclic) bond motifs is 1. The van der Waals surface area contributed by atoms with Crippen molar-refractivity contribution in [2.24, 2.45) is 0 Å². The van der Waals surface area contributed by atoms with Crippen molar-refractivity contribution in [1.82, 2.24) is 24.3 Å². The molecule has 1 aromatic carbocycles. The van der Waals surface area contributed by atoms with E-state index in [1.165, 1.54) is 33.9 Å². The topological polar surface area (TPSA) is 89.1 Å². The Morgan fingerprint density at radius 2 is 1.84 bits per heavy atom. The summed E-state index contributed by atoms with van der Waals surface area (Å²) in [7, 11) is 0. The van der Waals surface area contributed by atoms with Crippen molar-refractivity contribution in [3.63, 3.8) is 0 Å². The Hall–Kier alpha value is -3.59. The van der Waals surface area contributed by atoms with Gasteiger partial charge in [0.1, 0.15) is 23.3 Å². The summed E-state index contributed by atoms with van der Waals surface area (Å²) in [5, 5.41) is 15.7. The van der Waals surface area contributed by atoms with Crippen LogP contribution in [0.15, 0.2) is 66.0 Å². The Balaban J connectivity index is 1.37. The SMILES string of the molecule is O=c1c2cnn(-c3ccc(F)cc3)c2ncn1CC1(O)CCN(c2ccccn2)CC1. The first kappa shape index (κ1) is 19.4. The highest BCUT2D eigenvalue weighted by atomic mass is 19.1. The fraction of sp³-hybridized carbons (Fsp3) is 0.273. The molecule has 1 fully saturated rings. The van der Waals surface area contributed by atoms with E-state index < -0.39 is 5.60 Å². The number of hydrogen-bond acceptors (Lipinski definition) is 6. The van der Waals surface area contributed by atoms with Gasteiger partial charge in [-0.05, 0) is 49.2 Å². The van der Waals surface area contributed by atoms with Crippen LogP contribution < -0.4 is 10.5 Å². The van der Waals surface area contributed by atoms with Gasteiger partial charge in [-0.1, -0.05) is 6.07 Å². The average molecular weight is 420 g/mol. The number of nitrogens with zero attached hydrogens (tertiary/aromatic N) is 6. The molecule has 4 aromatic rings. The van der Waals surface area contributed by atoms with Crippen molar-refractivity contribution in [2.75, 3.05) is 18.0 Å². The Kier molecular flexibility index (Phi) is 4.74. The standard InChI is InChI=1S/C22H21FN6O2/c23-16-4-6-17(7-5-16)29-20-18(13-26-29)21(30)28(15-25-20)14-22(31)8-11-27(12-9-22)19-3-1-2-10-24-19/h1-7,10,13,15,31H,8-9,11-12,14H2. The van der Waals surface area contributed by atoms with Crippen LogP contribution in [0, 0.1) is 5.82 Å². The zero-order chi connectivity index (χ0) is 21.4. The maximum atomic E-state index is 13.2. The molecule has 4 heterocycles. The van der Waals surface area contributed by atoms with Crippen molar-refractivity contribution in [3.05, 3.63) is 77.4 Å². The number of pyridine rings is 1. The second-order valence-corrected chi connectivity index (χ2v) is 7.85. The van der Waals surface area contributed by atoms with E-state index in [0.29, 0.717) is 42.7 Å². The summed E-state index contributed by atoms with van der Waals surface area (Å²) in [5.41, 5.74) is -0.262. The quantitative estimate of drug-likeness (QED) is 0.544. The van der Waals surface area contributed by atoms with Gasteiger partial charge >= 0.3 is 0 Å². The number of halogens is 1. The number of benzene rings is 1.